The number of aromatic nitrogens is 4. The molecule has 2 atom stereocenters. The van der Waals surface area contributed by atoms with E-state index in [1.165, 1.54) is 16.3 Å². The number of amides is 7. The number of carbonyl (C=O) groups excluding carboxylic acids is 7. The van der Waals surface area contributed by atoms with Crippen molar-refractivity contribution in [1.82, 2.24) is 50.6 Å². The lowest BCUT2D eigenvalue weighted by molar-refractivity contribution is -0.128. The van der Waals surface area contributed by atoms with Gasteiger partial charge < -0.3 is 71.4 Å². The summed E-state index contributed by atoms with van der Waals surface area (Å²) in [5, 5.41) is 17.0. The number of rotatable bonds is 31. The molecule has 3 rings (SSSR count). The number of thioether (sulfide) groups is 1. The average Bonchev–Trinajstić information content (AvgIpc) is 3.79. The number of unbranched alkanes of at least 4 members (excludes halogenated alkanes) is 2. The number of nitrogens with one attached hydrogen (secondary N) is 7. The third-order valence-corrected chi connectivity index (χ3v) is 12.8. The quantitative estimate of drug-likeness (QED) is 0.0224. The number of ether oxygens (including phenoxy) is 4. The van der Waals surface area contributed by atoms with Gasteiger partial charge in [-0.1, -0.05) is 32.4 Å². The number of nitrogens with two attached hydrogens (primary N) is 1. The first-order valence-electron chi connectivity index (χ1n) is 28.7. The van der Waals surface area contributed by atoms with Crippen LogP contribution in [0.1, 0.15) is 160 Å². The van der Waals surface area contributed by atoms with Crippen LogP contribution in [0.5, 0.6) is 0 Å². The molecular formula is C57H95N13O12S. The molecule has 3 aromatic rings. The maximum Gasteiger partial charge on any atom is 0.410 e. The van der Waals surface area contributed by atoms with E-state index in [1.807, 2.05) is 6.92 Å². The van der Waals surface area contributed by atoms with E-state index in [0.29, 0.717) is 79.4 Å². The Bertz CT molecular complexity index is 2640. The Morgan fingerprint density at radius 2 is 1.19 bits per heavy atom. The van der Waals surface area contributed by atoms with Gasteiger partial charge in [0.05, 0.1) is 6.54 Å². The van der Waals surface area contributed by atoms with Crippen molar-refractivity contribution in [3.63, 3.8) is 0 Å². The highest BCUT2D eigenvalue weighted by molar-refractivity contribution is 7.99. The zero-order valence-electron chi connectivity index (χ0n) is 51.5. The predicted molar refractivity (Wildman–Crippen MR) is 323 cm³/mol. The summed E-state index contributed by atoms with van der Waals surface area (Å²) < 4.78 is 23.6. The van der Waals surface area contributed by atoms with E-state index in [-0.39, 0.29) is 57.1 Å². The fourth-order valence-corrected chi connectivity index (χ4v) is 8.69. The van der Waals surface area contributed by atoms with Gasteiger partial charge in [-0.05, 0) is 151 Å². The van der Waals surface area contributed by atoms with E-state index in [4.69, 9.17) is 24.7 Å². The second-order valence-electron chi connectivity index (χ2n) is 24.1. The Balaban J connectivity index is 1.73. The molecule has 0 bridgehead atoms. The average molecular weight is 1190 g/mol. The molecule has 0 saturated carbocycles. The highest BCUT2D eigenvalue weighted by Gasteiger charge is 2.30. The van der Waals surface area contributed by atoms with Crippen LogP contribution in [0.3, 0.4) is 0 Å². The van der Waals surface area contributed by atoms with E-state index >= 15 is 0 Å². The number of benzene rings is 1. The van der Waals surface area contributed by atoms with Crippen LogP contribution in [0.15, 0.2) is 29.1 Å². The van der Waals surface area contributed by atoms with Gasteiger partial charge in [0.1, 0.15) is 40.0 Å². The molecule has 0 fully saturated rings. The monoisotopic (exact) mass is 1190 g/mol. The van der Waals surface area contributed by atoms with Crippen LogP contribution < -0.4 is 43.3 Å². The number of fused-ring (bicyclic) bond motifs is 1. The highest BCUT2D eigenvalue weighted by atomic mass is 32.2. The van der Waals surface area contributed by atoms with Gasteiger partial charge in [-0.15, -0.1) is 0 Å². The Kier molecular flexibility index (Phi) is 28.2. The molecular weight excluding hydrogens is 1090 g/mol. The van der Waals surface area contributed by atoms with E-state index in [0.717, 1.165) is 19.3 Å². The number of hydrogen-bond acceptors (Lipinski definition) is 17. The molecule has 7 amide bonds. The van der Waals surface area contributed by atoms with Crippen molar-refractivity contribution >= 4 is 82.5 Å². The minimum atomic E-state index is -1.25. The van der Waals surface area contributed by atoms with Crippen LogP contribution in [0.4, 0.5) is 36.6 Å². The van der Waals surface area contributed by atoms with E-state index in [2.05, 4.69) is 53.8 Å². The second kappa shape index (κ2) is 33.3. The molecule has 0 spiro atoms. The summed E-state index contributed by atoms with van der Waals surface area (Å²) in [5.74, 6) is -0.378. The zero-order valence-corrected chi connectivity index (χ0v) is 52.3. The summed E-state index contributed by atoms with van der Waals surface area (Å²) in [4.78, 5) is 121. The largest absolute Gasteiger partial charge is 0.444 e. The fourth-order valence-electron chi connectivity index (χ4n) is 7.76. The van der Waals surface area contributed by atoms with Crippen LogP contribution in [0.25, 0.3) is 11.2 Å². The number of imidazole rings is 1. The molecule has 9 N–H and O–H groups in total. The summed E-state index contributed by atoms with van der Waals surface area (Å²) >= 11 is 1.45. The Morgan fingerprint density at radius 1 is 0.651 bits per heavy atom. The summed E-state index contributed by atoms with van der Waals surface area (Å²) in [6, 6.07) is 4.40. The van der Waals surface area contributed by atoms with Gasteiger partial charge in [0.15, 0.2) is 11.5 Å². The molecule has 26 heteroatoms. The van der Waals surface area contributed by atoms with Crippen molar-refractivity contribution in [2.24, 2.45) is 0 Å². The van der Waals surface area contributed by atoms with Gasteiger partial charge in [0.2, 0.25) is 23.7 Å². The minimum absolute atomic E-state index is 0.114. The maximum absolute atomic E-state index is 14.1. The third-order valence-electron chi connectivity index (χ3n) is 11.6. The van der Waals surface area contributed by atoms with Crippen molar-refractivity contribution in [2.75, 3.05) is 73.7 Å². The summed E-state index contributed by atoms with van der Waals surface area (Å²) in [6.07, 6.45) is 1.78. The molecule has 0 radical (unpaired) electrons. The van der Waals surface area contributed by atoms with Crippen LogP contribution in [0.2, 0.25) is 0 Å². The minimum Gasteiger partial charge on any atom is -0.444 e. The maximum atomic E-state index is 14.1. The standard InChI is InChI=1S/C57H95N13O12S/c1-15-17-28-60-48-66-44(58)43-45(67-48)70(49(74)65-43)36-38-22-24-39(25-23-38)62-46(72)40(63-47(73)41(37-83-35-16-2)64-51(76)80-55(6,7)8)26-27-42(71)59-29-20-33-68(52(77)81-56(9,10)11)31-18-19-32-69(53(78)82-57(12,13)14)34-21-30-61-50(75)79-54(3,4)5/h22-25,40-41H,15-21,26-37H2,1-14H3,(H,59,71)(H,61,75)(H,62,72)(H,63,73)(H,64,76)(H,65,74)(H3,58,60,66,67)/t40-,41-/m0/s1. The van der Waals surface area contributed by atoms with Gasteiger partial charge in [0, 0.05) is 63.7 Å². The molecule has 0 saturated heterocycles. The number of nitrogens with zero attached hydrogens (tertiary/aromatic N) is 5. The molecule has 466 valence electrons. The summed E-state index contributed by atoms with van der Waals surface area (Å²) in [5.41, 5.74) is 4.44. The molecule has 25 nitrogen and oxygen atoms in total. The van der Waals surface area contributed by atoms with Crippen molar-refractivity contribution in [3.8, 4) is 0 Å². The first-order valence-corrected chi connectivity index (χ1v) is 29.9. The number of hydrogen-bond donors (Lipinski definition) is 8. The first kappa shape index (κ1) is 70.3. The summed E-state index contributed by atoms with van der Waals surface area (Å²) in [6.45, 7) is 27.4. The van der Waals surface area contributed by atoms with Crippen LogP contribution in [-0.4, -0.2) is 163 Å². The molecule has 2 heterocycles. The van der Waals surface area contributed by atoms with Crippen LogP contribution in [-0.2, 0) is 39.9 Å². The van der Waals surface area contributed by atoms with Gasteiger partial charge in [-0.3, -0.25) is 19.0 Å². The Hall–Kier alpha value is -6.99. The van der Waals surface area contributed by atoms with Gasteiger partial charge in [0.25, 0.3) is 0 Å². The molecule has 1 aromatic carbocycles. The molecule has 0 aliphatic rings. The molecule has 2 aromatic heterocycles. The van der Waals surface area contributed by atoms with E-state index in [1.54, 1.807) is 117 Å². The topological polar surface area (TPSA) is 325 Å². The molecule has 83 heavy (non-hydrogen) atoms. The van der Waals surface area contributed by atoms with Crippen molar-refractivity contribution in [3.05, 3.63) is 40.3 Å². The van der Waals surface area contributed by atoms with E-state index in [9.17, 15) is 38.4 Å². The van der Waals surface area contributed by atoms with Gasteiger partial charge in [-0.25, -0.2) is 24.0 Å². The van der Waals surface area contributed by atoms with Crippen LogP contribution >= 0.6 is 11.8 Å². The number of aromatic amines is 1. The normalized spacial score (nSPS) is 12.6. The number of anilines is 3. The summed E-state index contributed by atoms with van der Waals surface area (Å²) in [7, 11) is 0. The predicted octanol–water partition coefficient (Wildman–Crippen LogP) is 7.88. The fraction of sp³-hybridized carbons (Fsp3) is 0.684. The Morgan fingerprint density at radius 3 is 1.73 bits per heavy atom. The number of H-pyrrole nitrogens is 1. The number of carbonyl (C=O) groups is 7. The highest BCUT2D eigenvalue weighted by Crippen LogP contribution is 2.20. The second-order valence-corrected chi connectivity index (χ2v) is 25.3. The van der Waals surface area contributed by atoms with Crippen molar-refractivity contribution in [1.29, 1.82) is 0 Å². The lowest BCUT2D eigenvalue weighted by Gasteiger charge is -2.29. The van der Waals surface area contributed by atoms with Crippen molar-refractivity contribution in [2.45, 2.75) is 196 Å². The lowest BCUT2D eigenvalue weighted by atomic mass is 10.1. The Labute approximate surface area is 493 Å². The molecule has 0 aliphatic heterocycles. The number of alkyl carbamates (subject to hydrolysis) is 2. The molecule has 0 unspecified atom stereocenters. The molecule has 0 aliphatic carbocycles. The SMILES string of the molecule is CCCCNc1nc(N)c2[nH]c(=O)n(Cc3ccc(NC(=O)[C@H](CCC(=O)NCCCN(CCCCN(CCCNC(=O)OC(C)(C)C)C(=O)OC(C)(C)C)C(=O)OC(C)(C)C)NC(=O)[C@H](CSCCC)NC(=O)OC(C)(C)C)cc3)c2n1. The van der Waals surface area contributed by atoms with Crippen molar-refractivity contribution < 1.29 is 52.5 Å². The first-order chi connectivity index (χ1) is 38.8. The van der Waals surface area contributed by atoms with Gasteiger partial charge in [-0.2, -0.15) is 21.7 Å². The van der Waals surface area contributed by atoms with Crippen LogP contribution in [0, 0.1) is 0 Å². The zero-order chi connectivity index (χ0) is 62.1. The van der Waals surface area contributed by atoms with E-state index < -0.39 is 82.3 Å². The third kappa shape index (κ3) is 28.2. The smallest absolute Gasteiger partial charge is 0.410 e. The van der Waals surface area contributed by atoms with Gasteiger partial charge >= 0.3 is 30.1 Å². The lowest BCUT2D eigenvalue weighted by Crippen LogP contribution is -2.54. The number of nitrogen functional groups attached to an aromatic ring is 1.